The molecular weight excluding hydrogens is 409 g/mol. The molecule has 136 valence electrons. The molecule has 0 amide bonds. The molecule has 0 radical (unpaired) electrons. The molecule has 1 heterocycles. The second-order valence-electron chi connectivity index (χ2n) is 6.63. The summed E-state index contributed by atoms with van der Waals surface area (Å²) in [6.07, 6.45) is 1.67. The number of benzene rings is 2. The van der Waals surface area contributed by atoms with Crippen molar-refractivity contribution in [3.8, 4) is 0 Å². The highest BCUT2D eigenvalue weighted by molar-refractivity contribution is 9.10. The Kier molecular flexibility index (Phi) is 5.03. The van der Waals surface area contributed by atoms with Crippen LogP contribution in [0.3, 0.4) is 0 Å². The monoisotopic (exact) mass is 425 g/mol. The van der Waals surface area contributed by atoms with E-state index in [1.807, 2.05) is 30.3 Å². The summed E-state index contributed by atoms with van der Waals surface area (Å²) in [5, 5.41) is 0. The molecular formula is C22H17BrFNO2. The molecule has 1 saturated carbocycles. The fraction of sp³-hybridized carbons (Fsp3) is 0.182. The van der Waals surface area contributed by atoms with E-state index in [2.05, 4.69) is 20.9 Å². The van der Waals surface area contributed by atoms with E-state index in [1.54, 1.807) is 30.5 Å². The number of esters is 1. The summed E-state index contributed by atoms with van der Waals surface area (Å²) in [6.45, 7) is 0. The molecule has 4 rings (SSSR count). The number of halogens is 2. The molecule has 0 N–H and O–H groups in total. The average molecular weight is 426 g/mol. The van der Waals surface area contributed by atoms with Crippen LogP contribution in [0.2, 0.25) is 0 Å². The zero-order valence-corrected chi connectivity index (χ0v) is 16.0. The Hall–Kier alpha value is -2.53. The number of hydrogen-bond donors (Lipinski definition) is 0. The van der Waals surface area contributed by atoms with Crippen LogP contribution in [0.15, 0.2) is 77.4 Å². The maximum absolute atomic E-state index is 13.7. The lowest BCUT2D eigenvalue weighted by Crippen LogP contribution is -2.16. The molecule has 1 aliphatic carbocycles. The van der Waals surface area contributed by atoms with Gasteiger partial charge in [0.2, 0.25) is 0 Å². The Morgan fingerprint density at radius 3 is 2.70 bits per heavy atom. The molecule has 27 heavy (non-hydrogen) atoms. The molecule has 3 unspecified atom stereocenters. The average Bonchev–Trinajstić information content (AvgIpc) is 3.48. The molecule has 5 heteroatoms. The molecule has 0 bridgehead atoms. The molecule has 3 nitrogen and oxygen atoms in total. The Balaban J connectivity index is 1.55. The number of carbonyl (C=O) groups is 1. The van der Waals surface area contributed by atoms with Crippen LogP contribution in [-0.2, 0) is 9.53 Å². The minimum absolute atomic E-state index is 0.159. The quantitative estimate of drug-likeness (QED) is 0.512. The van der Waals surface area contributed by atoms with Crippen LogP contribution in [0.4, 0.5) is 4.39 Å². The SMILES string of the molecule is O=C(OC(c1cccc(F)c1)c1ccccn1)C1CC1c1cccc(Br)c1. The van der Waals surface area contributed by atoms with Gasteiger partial charge in [0.15, 0.2) is 6.10 Å². The first-order valence-corrected chi connectivity index (χ1v) is 9.53. The van der Waals surface area contributed by atoms with Crippen molar-refractivity contribution in [1.82, 2.24) is 4.98 Å². The van der Waals surface area contributed by atoms with Gasteiger partial charge >= 0.3 is 5.97 Å². The van der Waals surface area contributed by atoms with Crippen LogP contribution in [-0.4, -0.2) is 11.0 Å². The highest BCUT2D eigenvalue weighted by atomic mass is 79.9. The summed E-state index contributed by atoms with van der Waals surface area (Å²) < 4.78 is 20.5. The third-order valence-corrected chi connectivity index (χ3v) is 5.21. The van der Waals surface area contributed by atoms with Crippen LogP contribution in [0.1, 0.15) is 35.3 Å². The van der Waals surface area contributed by atoms with Crippen molar-refractivity contribution in [1.29, 1.82) is 0 Å². The summed E-state index contributed by atoms with van der Waals surface area (Å²) in [4.78, 5) is 17.1. The zero-order valence-electron chi connectivity index (χ0n) is 14.4. The summed E-state index contributed by atoms with van der Waals surface area (Å²) in [5.41, 5.74) is 2.27. The van der Waals surface area contributed by atoms with Crippen molar-refractivity contribution in [2.45, 2.75) is 18.4 Å². The fourth-order valence-electron chi connectivity index (χ4n) is 3.26. The number of aromatic nitrogens is 1. The number of rotatable bonds is 5. The molecule has 3 aromatic rings. The standard InChI is InChI=1S/C22H17BrFNO2/c23-16-7-3-5-14(11-16)18-13-19(18)22(26)27-21(20-9-1-2-10-25-20)15-6-4-8-17(24)12-15/h1-12,18-19,21H,13H2. The van der Waals surface area contributed by atoms with Gasteiger partial charge in [-0.15, -0.1) is 0 Å². The van der Waals surface area contributed by atoms with Gasteiger partial charge in [-0.25, -0.2) is 4.39 Å². The van der Waals surface area contributed by atoms with E-state index in [9.17, 15) is 9.18 Å². The molecule has 2 aromatic carbocycles. The van der Waals surface area contributed by atoms with Crippen molar-refractivity contribution < 1.29 is 13.9 Å². The predicted octanol–water partition coefficient (Wildman–Crippen LogP) is 5.42. The minimum atomic E-state index is -0.724. The van der Waals surface area contributed by atoms with Crippen molar-refractivity contribution in [2.75, 3.05) is 0 Å². The summed E-state index contributed by atoms with van der Waals surface area (Å²) in [5.74, 6) is -0.672. The molecule has 3 atom stereocenters. The molecule has 0 aliphatic heterocycles. The Labute approximate surface area is 165 Å². The van der Waals surface area contributed by atoms with E-state index < -0.39 is 6.10 Å². The maximum Gasteiger partial charge on any atom is 0.310 e. The van der Waals surface area contributed by atoms with E-state index in [1.165, 1.54) is 12.1 Å². The topological polar surface area (TPSA) is 39.2 Å². The van der Waals surface area contributed by atoms with Crippen LogP contribution in [0.25, 0.3) is 0 Å². The Morgan fingerprint density at radius 1 is 1.11 bits per heavy atom. The van der Waals surface area contributed by atoms with Gasteiger partial charge in [0.05, 0.1) is 11.6 Å². The Morgan fingerprint density at radius 2 is 1.96 bits per heavy atom. The van der Waals surface area contributed by atoms with E-state index in [0.717, 1.165) is 16.5 Å². The molecule has 1 aliphatic rings. The van der Waals surface area contributed by atoms with Gasteiger partial charge in [0.1, 0.15) is 5.82 Å². The summed E-state index contributed by atoms with van der Waals surface area (Å²) >= 11 is 3.46. The number of ether oxygens (including phenoxy) is 1. The number of pyridine rings is 1. The van der Waals surface area contributed by atoms with Gasteiger partial charge in [-0.1, -0.05) is 46.3 Å². The predicted molar refractivity (Wildman–Crippen MR) is 104 cm³/mol. The van der Waals surface area contributed by atoms with Gasteiger partial charge in [0, 0.05) is 16.2 Å². The van der Waals surface area contributed by atoms with Crippen LogP contribution < -0.4 is 0 Å². The highest BCUT2D eigenvalue weighted by Crippen LogP contribution is 2.49. The normalized spacial score (nSPS) is 19.3. The van der Waals surface area contributed by atoms with Gasteiger partial charge in [0.25, 0.3) is 0 Å². The second kappa shape index (κ2) is 7.61. The van der Waals surface area contributed by atoms with Gasteiger partial charge in [-0.05, 0) is 54.3 Å². The first-order chi connectivity index (χ1) is 13.1. The molecule has 0 spiro atoms. The first-order valence-electron chi connectivity index (χ1n) is 8.74. The lowest BCUT2D eigenvalue weighted by atomic mass is 10.1. The molecule has 0 saturated heterocycles. The van der Waals surface area contributed by atoms with E-state index in [4.69, 9.17) is 4.74 Å². The molecule has 1 fully saturated rings. The summed E-state index contributed by atoms with van der Waals surface area (Å²) in [7, 11) is 0. The van der Waals surface area contributed by atoms with Crippen molar-refractivity contribution in [2.24, 2.45) is 5.92 Å². The van der Waals surface area contributed by atoms with Crippen molar-refractivity contribution >= 4 is 21.9 Å². The number of hydrogen-bond acceptors (Lipinski definition) is 3. The van der Waals surface area contributed by atoms with Gasteiger partial charge < -0.3 is 4.74 Å². The maximum atomic E-state index is 13.7. The highest BCUT2D eigenvalue weighted by Gasteiger charge is 2.46. The smallest absolute Gasteiger partial charge is 0.310 e. The van der Waals surface area contributed by atoms with E-state index in [0.29, 0.717) is 11.3 Å². The van der Waals surface area contributed by atoms with E-state index in [-0.39, 0.29) is 23.6 Å². The Bertz CT molecular complexity index is 963. The minimum Gasteiger partial charge on any atom is -0.451 e. The lowest BCUT2D eigenvalue weighted by molar-refractivity contribution is -0.149. The fourth-order valence-corrected chi connectivity index (χ4v) is 3.68. The summed E-state index contributed by atoms with van der Waals surface area (Å²) in [6, 6.07) is 19.5. The van der Waals surface area contributed by atoms with E-state index >= 15 is 0 Å². The van der Waals surface area contributed by atoms with Gasteiger partial charge in [-0.2, -0.15) is 0 Å². The first kappa shape index (κ1) is 17.9. The third kappa shape index (κ3) is 4.08. The van der Waals surface area contributed by atoms with Crippen LogP contribution in [0.5, 0.6) is 0 Å². The van der Waals surface area contributed by atoms with Gasteiger partial charge in [-0.3, -0.25) is 9.78 Å². The lowest BCUT2D eigenvalue weighted by Gasteiger charge is -2.18. The largest absolute Gasteiger partial charge is 0.451 e. The number of carbonyl (C=O) groups excluding carboxylic acids is 1. The van der Waals surface area contributed by atoms with Crippen LogP contribution >= 0.6 is 15.9 Å². The second-order valence-corrected chi connectivity index (χ2v) is 7.55. The third-order valence-electron chi connectivity index (χ3n) is 4.71. The van der Waals surface area contributed by atoms with Crippen molar-refractivity contribution in [3.63, 3.8) is 0 Å². The number of nitrogens with zero attached hydrogens (tertiary/aromatic N) is 1. The zero-order chi connectivity index (χ0) is 18.8. The van der Waals surface area contributed by atoms with Crippen molar-refractivity contribution in [3.05, 3.63) is 100 Å². The van der Waals surface area contributed by atoms with Crippen LogP contribution in [0, 0.1) is 11.7 Å². The molecule has 1 aromatic heterocycles.